The predicted molar refractivity (Wildman–Crippen MR) is 121 cm³/mol. The Hall–Kier alpha value is -2.24. The number of rotatable bonds is 10. The molecule has 2 rings (SSSR count). The molecule has 0 bridgehead atoms. The number of aromatic nitrogens is 2. The Kier molecular flexibility index (Phi) is 8.56. The van der Waals surface area contributed by atoms with E-state index in [-0.39, 0.29) is 36.3 Å². The number of amides is 1. The Labute approximate surface area is 186 Å². The number of Topliss-reactive ketones (excluding diaryl/α,β-unsaturated/α-hetero) is 1. The van der Waals surface area contributed by atoms with Crippen LogP contribution in [0.5, 0.6) is 0 Å². The number of nitrogens with zero attached hydrogens (tertiary/aromatic N) is 2. The highest BCUT2D eigenvalue weighted by Gasteiger charge is 2.22. The number of nitrogens with two attached hydrogens (primary N) is 1. The maximum atomic E-state index is 13.0. The second-order valence-electron chi connectivity index (χ2n) is 7.35. The number of carbonyl (C=O) groups is 2. The fourth-order valence-electron chi connectivity index (χ4n) is 2.95. The largest absolute Gasteiger partial charge is 0.384 e. The van der Waals surface area contributed by atoms with Crippen LogP contribution in [0.2, 0.25) is 0 Å². The van der Waals surface area contributed by atoms with Crippen LogP contribution < -0.4 is 22.3 Å². The van der Waals surface area contributed by atoms with Crippen molar-refractivity contribution in [1.29, 1.82) is 0 Å². The Morgan fingerprint density at radius 1 is 1.33 bits per heavy atom. The summed E-state index contributed by atoms with van der Waals surface area (Å²) < 4.78 is 2.18. The molecule has 11 heteroatoms. The van der Waals surface area contributed by atoms with Gasteiger partial charge in [-0.05, 0) is 34.0 Å². The Bertz CT molecular complexity index is 1030. The van der Waals surface area contributed by atoms with Gasteiger partial charge in [-0.1, -0.05) is 13.8 Å². The molecule has 0 saturated carbocycles. The number of hydrogen-bond donors (Lipinski definition) is 3. The van der Waals surface area contributed by atoms with E-state index in [9.17, 15) is 19.2 Å². The topological polar surface area (TPSA) is 130 Å². The molecule has 0 aliphatic carbocycles. The summed E-state index contributed by atoms with van der Waals surface area (Å²) in [6.07, 6.45) is 0. The number of H-pyrrole nitrogens is 1. The van der Waals surface area contributed by atoms with Gasteiger partial charge in [0.2, 0.25) is 5.91 Å². The van der Waals surface area contributed by atoms with Gasteiger partial charge in [0.1, 0.15) is 11.4 Å². The van der Waals surface area contributed by atoms with Crippen molar-refractivity contribution < 1.29 is 9.59 Å². The summed E-state index contributed by atoms with van der Waals surface area (Å²) in [5, 5.41) is 2.71. The van der Waals surface area contributed by atoms with Gasteiger partial charge in [0.05, 0.1) is 10.3 Å². The van der Waals surface area contributed by atoms with E-state index in [0.29, 0.717) is 19.6 Å². The Morgan fingerprint density at radius 2 is 2.03 bits per heavy atom. The van der Waals surface area contributed by atoms with Crippen molar-refractivity contribution in [2.45, 2.75) is 33.9 Å². The van der Waals surface area contributed by atoms with Crippen molar-refractivity contribution >= 4 is 44.8 Å². The summed E-state index contributed by atoms with van der Waals surface area (Å²) >= 11 is 4.95. The second-order valence-corrected chi connectivity index (χ2v) is 9.89. The molecule has 0 spiro atoms. The molecule has 0 radical (unpaired) electrons. The van der Waals surface area contributed by atoms with E-state index in [1.54, 1.807) is 0 Å². The zero-order chi connectivity index (χ0) is 22.4. The van der Waals surface area contributed by atoms with Gasteiger partial charge in [0.15, 0.2) is 5.78 Å². The molecule has 2 aromatic heterocycles. The number of halogens is 1. The third-order valence-electron chi connectivity index (χ3n) is 4.24. The normalized spacial score (nSPS) is 11.3. The number of nitrogens with one attached hydrogen (secondary N) is 2. The number of aromatic amines is 1. The predicted octanol–water partition coefficient (Wildman–Crippen LogP) is 1.42. The molecule has 164 valence electrons. The number of ketones is 1. The summed E-state index contributed by atoms with van der Waals surface area (Å²) in [5.41, 5.74) is 4.41. The lowest BCUT2D eigenvalue weighted by Gasteiger charge is -2.21. The first-order valence-electron chi connectivity index (χ1n) is 9.45. The van der Waals surface area contributed by atoms with Crippen molar-refractivity contribution in [2.24, 2.45) is 5.92 Å². The lowest BCUT2D eigenvalue weighted by Crippen LogP contribution is -2.41. The van der Waals surface area contributed by atoms with Crippen LogP contribution >= 0.6 is 27.3 Å². The molecule has 2 heterocycles. The monoisotopic (exact) mass is 499 g/mol. The molecule has 0 aliphatic rings. The minimum absolute atomic E-state index is 0.0811. The van der Waals surface area contributed by atoms with E-state index in [1.165, 1.54) is 22.8 Å². The number of nitrogen functional groups attached to an aromatic ring is 1. The van der Waals surface area contributed by atoms with Crippen molar-refractivity contribution in [3.63, 3.8) is 0 Å². The first-order chi connectivity index (χ1) is 14.1. The van der Waals surface area contributed by atoms with Crippen LogP contribution in [0, 0.1) is 5.92 Å². The van der Waals surface area contributed by atoms with Crippen LogP contribution in [0.15, 0.2) is 25.5 Å². The molecule has 1 amide bonds. The van der Waals surface area contributed by atoms with Gasteiger partial charge in [0.25, 0.3) is 5.56 Å². The average Bonchev–Trinajstić information content (AvgIpc) is 3.02. The Morgan fingerprint density at radius 3 is 2.60 bits per heavy atom. The molecular weight excluding hydrogens is 474 g/mol. The maximum absolute atomic E-state index is 13.0. The van der Waals surface area contributed by atoms with E-state index >= 15 is 0 Å². The molecule has 2 aromatic rings. The minimum Gasteiger partial charge on any atom is -0.384 e. The molecule has 9 nitrogen and oxygen atoms in total. The van der Waals surface area contributed by atoms with Gasteiger partial charge < -0.3 is 11.1 Å². The molecule has 0 atom stereocenters. The SMILES string of the molecule is CC(=O)NCCN(CC(=O)c1c(N)n(CC(C)C)c(=O)[nH]c1=O)Cc1ccc(Br)s1. The Balaban J connectivity index is 2.28. The number of carbonyl (C=O) groups excluding carboxylic acids is 2. The van der Waals surface area contributed by atoms with E-state index in [0.717, 1.165) is 8.66 Å². The molecule has 0 fully saturated rings. The van der Waals surface area contributed by atoms with E-state index < -0.39 is 17.0 Å². The first kappa shape index (κ1) is 24.0. The van der Waals surface area contributed by atoms with Crippen LogP contribution in [0.4, 0.5) is 5.82 Å². The van der Waals surface area contributed by atoms with Crippen LogP contribution in [0.25, 0.3) is 0 Å². The smallest absolute Gasteiger partial charge is 0.329 e. The summed E-state index contributed by atoms with van der Waals surface area (Å²) in [6, 6.07) is 3.85. The number of anilines is 1. The van der Waals surface area contributed by atoms with Crippen molar-refractivity contribution in [1.82, 2.24) is 19.8 Å². The fourth-order valence-corrected chi connectivity index (χ4v) is 4.47. The third kappa shape index (κ3) is 6.64. The van der Waals surface area contributed by atoms with Crippen molar-refractivity contribution in [2.75, 3.05) is 25.4 Å². The van der Waals surface area contributed by atoms with Crippen molar-refractivity contribution in [3.05, 3.63) is 47.2 Å². The van der Waals surface area contributed by atoms with Gasteiger partial charge in [-0.15, -0.1) is 11.3 Å². The third-order valence-corrected chi connectivity index (χ3v) is 5.85. The molecule has 0 unspecified atom stereocenters. The van der Waals surface area contributed by atoms with Gasteiger partial charge in [-0.3, -0.25) is 28.8 Å². The summed E-state index contributed by atoms with van der Waals surface area (Å²) in [4.78, 5) is 53.6. The lowest BCUT2D eigenvalue weighted by molar-refractivity contribution is -0.119. The van der Waals surface area contributed by atoms with E-state index in [2.05, 4.69) is 26.2 Å². The summed E-state index contributed by atoms with van der Waals surface area (Å²) in [6.45, 7) is 6.66. The zero-order valence-electron chi connectivity index (χ0n) is 17.2. The molecule has 0 aromatic carbocycles. The van der Waals surface area contributed by atoms with E-state index in [1.807, 2.05) is 30.9 Å². The lowest BCUT2D eigenvalue weighted by atomic mass is 10.1. The maximum Gasteiger partial charge on any atom is 0.329 e. The van der Waals surface area contributed by atoms with Crippen molar-refractivity contribution in [3.8, 4) is 0 Å². The minimum atomic E-state index is -0.789. The van der Waals surface area contributed by atoms with Gasteiger partial charge >= 0.3 is 5.69 Å². The fraction of sp³-hybridized carbons (Fsp3) is 0.474. The molecular formula is C19H26BrN5O4S. The molecule has 0 saturated heterocycles. The average molecular weight is 500 g/mol. The summed E-state index contributed by atoms with van der Waals surface area (Å²) in [5.74, 6) is -0.667. The number of thiophene rings is 1. The van der Waals surface area contributed by atoms with Gasteiger partial charge in [-0.25, -0.2) is 4.79 Å². The van der Waals surface area contributed by atoms with Crippen LogP contribution in [0.3, 0.4) is 0 Å². The molecule has 0 aliphatic heterocycles. The first-order valence-corrected chi connectivity index (χ1v) is 11.1. The van der Waals surface area contributed by atoms with Crippen LogP contribution in [-0.2, 0) is 17.9 Å². The highest BCUT2D eigenvalue weighted by atomic mass is 79.9. The van der Waals surface area contributed by atoms with Crippen LogP contribution in [-0.4, -0.2) is 45.8 Å². The molecule has 30 heavy (non-hydrogen) atoms. The number of hydrogen-bond acceptors (Lipinski definition) is 7. The quantitative estimate of drug-likeness (QED) is 0.423. The van der Waals surface area contributed by atoms with E-state index in [4.69, 9.17) is 5.73 Å². The highest BCUT2D eigenvalue weighted by Crippen LogP contribution is 2.23. The molecule has 4 N–H and O–H groups in total. The standard InChI is InChI=1S/C19H26BrN5O4S/c1-11(2)8-25-17(21)16(18(28)23-19(25)29)14(27)10-24(7-6-22-12(3)26)9-13-4-5-15(20)30-13/h4-5,11H,6-10,21H2,1-3H3,(H,22,26)(H,23,28,29). The second kappa shape index (κ2) is 10.7. The summed E-state index contributed by atoms with van der Waals surface area (Å²) in [7, 11) is 0. The zero-order valence-corrected chi connectivity index (χ0v) is 19.6. The van der Waals surface area contributed by atoms with Gasteiger partial charge in [-0.2, -0.15) is 0 Å². The van der Waals surface area contributed by atoms with Crippen LogP contribution in [0.1, 0.15) is 36.0 Å². The highest BCUT2D eigenvalue weighted by molar-refractivity contribution is 9.11. The van der Waals surface area contributed by atoms with Gasteiger partial charge in [0, 0.05) is 38.0 Å².